The Morgan fingerprint density at radius 2 is 0.373 bits per heavy atom. The van der Waals surface area contributed by atoms with Gasteiger partial charge in [-0.3, -0.25) is 14.4 Å². The van der Waals surface area contributed by atoms with Gasteiger partial charge in [-0.15, -0.1) is 0 Å². The van der Waals surface area contributed by atoms with E-state index in [1.54, 1.807) is 0 Å². The Labute approximate surface area is 449 Å². The number of carboxylic acids is 3. The van der Waals surface area contributed by atoms with Gasteiger partial charge in [0.1, 0.15) is 0 Å². The first kappa shape index (κ1) is 72.5. The van der Waals surface area contributed by atoms with Crippen LogP contribution in [0.5, 0.6) is 0 Å². The Kier molecular flexibility index (Phi) is 74.9. The van der Waals surface area contributed by atoms with Crippen LogP contribution in [0, 0.1) is 39.9 Å². The van der Waals surface area contributed by atoms with Crippen molar-refractivity contribution in [3.63, 3.8) is 0 Å². The van der Waals surface area contributed by atoms with Gasteiger partial charge in [0.05, 0.1) is 0 Å². The van der Waals surface area contributed by atoms with E-state index in [1.807, 2.05) is 0 Å². The maximum absolute atomic E-state index is 10.4. The van der Waals surface area contributed by atoms with Crippen molar-refractivity contribution in [3.8, 4) is 0 Å². The van der Waals surface area contributed by atoms with Crippen LogP contribution in [0.15, 0.2) is 36.5 Å². The second-order valence-electron chi connectivity index (χ2n) is 19.3. The average Bonchev–Trinajstić information content (AvgIpc) is 3.29. The predicted molar refractivity (Wildman–Crippen MR) is 289 cm³/mol. The fourth-order valence-corrected chi connectivity index (χ4v) is 8.10. The largest absolute Gasteiger partial charge is 0.481 e. The molecule has 0 rings (SSSR count). The molecule has 3 N–H and O–H groups in total. The molecule has 0 aromatic rings. The van der Waals surface area contributed by atoms with E-state index in [-0.39, 0.29) is 39.9 Å². The van der Waals surface area contributed by atoms with Gasteiger partial charge in [-0.25, -0.2) is 0 Å². The van der Waals surface area contributed by atoms with E-state index in [9.17, 15) is 14.4 Å². The fourth-order valence-electron chi connectivity index (χ4n) is 8.10. The standard InChI is InChI=1S/3C20H38O2.Gd/c3*1-2-3-4-5-6-7-8-9-10-11-12-13-14-15-16-17-18-19-20(21)22;/h3*9-10H,2-8,11-19H2,1H3,(H,21,22);/b3*10-9-;. The van der Waals surface area contributed by atoms with E-state index in [2.05, 4.69) is 57.2 Å². The quantitative estimate of drug-likeness (QED) is 0.0413. The summed E-state index contributed by atoms with van der Waals surface area (Å²) < 4.78 is 0. The second-order valence-corrected chi connectivity index (χ2v) is 19.3. The number of hydrogen-bond donors (Lipinski definition) is 3. The fraction of sp³-hybridized carbons (Fsp3) is 0.850. The van der Waals surface area contributed by atoms with Crippen LogP contribution in [0.25, 0.3) is 0 Å². The molecule has 0 atom stereocenters. The molecule has 0 aliphatic rings. The molecule has 6 nitrogen and oxygen atoms in total. The maximum Gasteiger partial charge on any atom is 0.303 e. The third-order valence-corrected chi connectivity index (χ3v) is 12.5. The van der Waals surface area contributed by atoms with Gasteiger partial charge < -0.3 is 15.3 Å². The number of unbranched alkanes of at least 4 members (excludes halogenated alkanes) is 39. The Bertz CT molecular complexity index is 911. The SMILES string of the molecule is CCCCCCCC/C=C\CCCCCCCCCC(=O)O.CCCCCCCC/C=C\CCCCCCCCCC(=O)O.CCCCCCCC/C=C\CCCCCCCCCC(=O)O.[Gd]. The molecule has 0 aromatic heterocycles. The van der Waals surface area contributed by atoms with Crippen molar-refractivity contribution in [1.82, 2.24) is 0 Å². The van der Waals surface area contributed by atoms with Gasteiger partial charge in [-0.2, -0.15) is 0 Å². The van der Waals surface area contributed by atoms with E-state index < -0.39 is 17.9 Å². The van der Waals surface area contributed by atoms with Crippen molar-refractivity contribution >= 4 is 17.9 Å². The number of allylic oxidation sites excluding steroid dienone is 6. The van der Waals surface area contributed by atoms with Crippen molar-refractivity contribution in [2.75, 3.05) is 0 Å². The number of carboxylic acid groups (broad SMARTS) is 3. The zero-order valence-electron chi connectivity index (χ0n) is 44.8. The molecule has 7 heteroatoms. The summed E-state index contributed by atoms with van der Waals surface area (Å²) in [5.41, 5.74) is 0. The van der Waals surface area contributed by atoms with Crippen LogP contribution in [-0.4, -0.2) is 33.2 Å². The summed E-state index contributed by atoms with van der Waals surface area (Å²) in [5.74, 6) is -1.98. The van der Waals surface area contributed by atoms with Crippen molar-refractivity contribution in [2.24, 2.45) is 0 Å². The zero-order chi connectivity index (χ0) is 48.9. The first-order valence-electron chi connectivity index (χ1n) is 28.9. The van der Waals surface area contributed by atoms with Crippen LogP contribution in [0.2, 0.25) is 0 Å². The molecule has 0 aromatic carbocycles. The number of aliphatic carboxylic acids is 3. The molecule has 0 bridgehead atoms. The molecule has 0 unspecified atom stereocenters. The van der Waals surface area contributed by atoms with Crippen LogP contribution in [-0.2, 0) is 14.4 Å². The molecular formula is C60H114GdO6. The molecule has 0 aliphatic carbocycles. The van der Waals surface area contributed by atoms with Crippen LogP contribution < -0.4 is 0 Å². The molecule has 0 amide bonds. The Morgan fingerprint density at radius 1 is 0.239 bits per heavy atom. The van der Waals surface area contributed by atoms with Crippen molar-refractivity contribution in [2.45, 2.75) is 329 Å². The monoisotopic (exact) mass is 1090 g/mol. The Hall–Kier alpha value is -1.05. The molecule has 0 spiro atoms. The van der Waals surface area contributed by atoms with E-state index in [4.69, 9.17) is 15.3 Å². The summed E-state index contributed by atoms with van der Waals surface area (Å²) in [5, 5.41) is 25.6. The molecule has 398 valence electrons. The van der Waals surface area contributed by atoms with Crippen molar-refractivity contribution in [1.29, 1.82) is 0 Å². The Balaban J connectivity index is -0.000000441. The van der Waals surface area contributed by atoms with Crippen LogP contribution in [0.4, 0.5) is 0 Å². The summed E-state index contributed by atoms with van der Waals surface area (Å²) in [6.45, 7) is 6.80. The molecule has 67 heavy (non-hydrogen) atoms. The van der Waals surface area contributed by atoms with E-state index in [0.29, 0.717) is 19.3 Å². The summed E-state index contributed by atoms with van der Waals surface area (Å²) in [6.07, 6.45) is 72.5. The molecule has 0 radical (unpaired) electrons. The van der Waals surface area contributed by atoms with Gasteiger partial charge in [-0.05, 0) is 96.3 Å². The smallest absolute Gasteiger partial charge is 0.303 e. The van der Waals surface area contributed by atoms with Gasteiger partial charge in [0.25, 0.3) is 0 Å². The minimum Gasteiger partial charge on any atom is -0.481 e. The van der Waals surface area contributed by atoms with Crippen LogP contribution in [0.1, 0.15) is 329 Å². The summed E-state index contributed by atoms with van der Waals surface area (Å²) in [4.78, 5) is 31.1. The number of rotatable bonds is 51. The predicted octanol–water partition coefficient (Wildman–Crippen LogP) is 20.7. The molecule has 0 heterocycles. The van der Waals surface area contributed by atoms with Gasteiger partial charge in [0.2, 0.25) is 0 Å². The van der Waals surface area contributed by atoms with Gasteiger partial charge in [-0.1, -0.05) is 250 Å². The van der Waals surface area contributed by atoms with Crippen LogP contribution in [0.3, 0.4) is 0 Å². The molecule has 0 saturated carbocycles. The number of hydrogen-bond acceptors (Lipinski definition) is 3. The van der Waals surface area contributed by atoms with Crippen molar-refractivity contribution < 1.29 is 69.6 Å². The minimum absolute atomic E-state index is 0. The first-order chi connectivity index (χ1) is 32.3. The van der Waals surface area contributed by atoms with E-state index in [0.717, 1.165) is 38.5 Å². The Morgan fingerprint density at radius 3 is 0.522 bits per heavy atom. The van der Waals surface area contributed by atoms with E-state index >= 15 is 0 Å². The molecular weight excluding hydrogens is 974 g/mol. The van der Waals surface area contributed by atoms with Gasteiger partial charge >= 0.3 is 17.9 Å². The number of carbonyl (C=O) groups is 3. The summed E-state index contributed by atoms with van der Waals surface area (Å²) in [6, 6.07) is 0. The van der Waals surface area contributed by atoms with Crippen LogP contribution >= 0.6 is 0 Å². The summed E-state index contributed by atoms with van der Waals surface area (Å²) in [7, 11) is 0. The normalized spacial score (nSPS) is 11.1. The second kappa shape index (κ2) is 69.2. The topological polar surface area (TPSA) is 112 Å². The third kappa shape index (κ3) is 82.2. The van der Waals surface area contributed by atoms with Gasteiger partial charge in [0, 0.05) is 59.2 Å². The van der Waals surface area contributed by atoms with Crippen molar-refractivity contribution in [3.05, 3.63) is 36.5 Å². The first-order valence-corrected chi connectivity index (χ1v) is 28.9. The molecule has 0 fully saturated rings. The maximum atomic E-state index is 10.4. The van der Waals surface area contributed by atoms with E-state index in [1.165, 1.54) is 250 Å². The van der Waals surface area contributed by atoms with Gasteiger partial charge in [0.15, 0.2) is 0 Å². The molecule has 0 aliphatic heterocycles. The average molecular weight is 1090 g/mol. The minimum atomic E-state index is -0.659. The third-order valence-electron chi connectivity index (χ3n) is 12.5. The summed E-state index contributed by atoms with van der Waals surface area (Å²) >= 11 is 0. The zero-order valence-corrected chi connectivity index (χ0v) is 47.1. The molecule has 0 saturated heterocycles.